The highest BCUT2D eigenvalue weighted by Gasteiger charge is 2.24. The quantitative estimate of drug-likeness (QED) is 0.456. The molecule has 0 saturated heterocycles. The van der Waals surface area contributed by atoms with Crippen molar-refractivity contribution in [3.05, 3.63) is 29.8 Å². The van der Waals surface area contributed by atoms with Crippen LogP contribution in [-0.2, 0) is 21.1 Å². The molecular formula is C20H34N4O4S. The highest BCUT2D eigenvalue weighted by atomic mass is 32.2. The summed E-state index contributed by atoms with van der Waals surface area (Å²) in [6, 6.07) is 6.65. The number of benzene rings is 1. The summed E-state index contributed by atoms with van der Waals surface area (Å²) >= 11 is 0. The minimum atomic E-state index is -3.21. The number of alkyl carbamates (subject to hydrolysis) is 1. The third-order valence-corrected chi connectivity index (χ3v) is 4.78. The summed E-state index contributed by atoms with van der Waals surface area (Å²) in [6.45, 7) is 12.7. The summed E-state index contributed by atoms with van der Waals surface area (Å²) in [4.78, 5) is 16.8. The number of hydrogen-bond donors (Lipinski definition) is 3. The molecule has 0 fully saturated rings. The van der Waals surface area contributed by atoms with Crippen molar-refractivity contribution in [2.24, 2.45) is 4.99 Å². The molecule has 29 heavy (non-hydrogen) atoms. The van der Waals surface area contributed by atoms with Crippen molar-refractivity contribution in [3.8, 4) is 0 Å². The maximum Gasteiger partial charge on any atom is 0.408 e. The Morgan fingerprint density at radius 2 is 1.66 bits per heavy atom. The van der Waals surface area contributed by atoms with Gasteiger partial charge in [-0.3, -0.25) is 0 Å². The predicted molar refractivity (Wildman–Crippen MR) is 116 cm³/mol. The maximum absolute atomic E-state index is 12.0. The largest absolute Gasteiger partial charge is 0.444 e. The van der Waals surface area contributed by atoms with Crippen LogP contribution < -0.4 is 16.0 Å². The van der Waals surface area contributed by atoms with Crippen molar-refractivity contribution in [2.45, 2.75) is 64.1 Å². The molecule has 0 aromatic heterocycles. The van der Waals surface area contributed by atoms with Gasteiger partial charge in [-0.25, -0.2) is 18.2 Å². The average molecular weight is 427 g/mol. The van der Waals surface area contributed by atoms with Crippen molar-refractivity contribution in [2.75, 3.05) is 19.3 Å². The summed E-state index contributed by atoms with van der Waals surface area (Å²) in [6.07, 6.45) is 0.706. The molecule has 0 heterocycles. The molecule has 1 amide bonds. The van der Waals surface area contributed by atoms with E-state index in [0.717, 1.165) is 5.56 Å². The van der Waals surface area contributed by atoms with Crippen LogP contribution in [0.15, 0.2) is 34.2 Å². The second kappa shape index (κ2) is 9.96. The molecule has 3 N–H and O–H groups in total. The van der Waals surface area contributed by atoms with Crippen LogP contribution >= 0.6 is 0 Å². The van der Waals surface area contributed by atoms with Gasteiger partial charge in [0, 0.05) is 19.3 Å². The first-order valence-electron chi connectivity index (χ1n) is 9.54. The number of nitrogens with one attached hydrogen (secondary N) is 3. The zero-order valence-electron chi connectivity index (χ0n) is 18.4. The number of nitrogens with zero attached hydrogens (tertiary/aromatic N) is 1. The fourth-order valence-corrected chi connectivity index (χ4v) is 2.91. The second-order valence-electron chi connectivity index (χ2n) is 8.48. The molecule has 1 aromatic carbocycles. The van der Waals surface area contributed by atoms with E-state index in [0.29, 0.717) is 25.6 Å². The average Bonchev–Trinajstić information content (AvgIpc) is 2.54. The van der Waals surface area contributed by atoms with Crippen molar-refractivity contribution in [3.63, 3.8) is 0 Å². The second-order valence-corrected chi connectivity index (χ2v) is 10.5. The van der Waals surface area contributed by atoms with Crippen LogP contribution in [0, 0.1) is 0 Å². The van der Waals surface area contributed by atoms with Crippen molar-refractivity contribution >= 4 is 21.9 Å². The summed E-state index contributed by atoms with van der Waals surface area (Å²) in [5.74, 6) is 0.596. The van der Waals surface area contributed by atoms with Gasteiger partial charge in [0.15, 0.2) is 15.8 Å². The Bertz CT molecular complexity index is 810. The van der Waals surface area contributed by atoms with Crippen LogP contribution in [0.5, 0.6) is 0 Å². The maximum atomic E-state index is 12.0. The molecule has 0 spiro atoms. The predicted octanol–water partition coefficient (Wildman–Crippen LogP) is 2.45. The molecular weight excluding hydrogens is 392 g/mol. The molecule has 0 aliphatic carbocycles. The Morgan fingerprint density at radius 1 is 1.07 bits per heavy atom. The Kier molecular flexibility index (Phi) is 8.50. The van der Waals surface area contributed by atoms with E-state index in [-0.39, 0.29) is 4.90 Å². The Morgan fingerprint density at radius 3 is 2.14 bits per heavy atom. The van der Waals surface area contributed by atoms with Gasteiger partial charge in [-0.2, -0.15) is 0 Å². The van der Waals surface area contributed by atoms with E-state index >= 15 is 0 Å². The standard InChI is InChI=1S/C20H34N4O4S/c1-8-21-17(22-13-15-9-11-16(12-10-15)29(7,26)27)23-14-20(5,6)24-18(25)28-19(2,3)4/h9-12H,8,13-14H2,1-7H3,(H,24,25)(H2,21,22,23). The van der Waals surface area contributed by atoms with Crippen LogP contribution in [0.25, 0.3) is 0 Å². The Labute approximate surface area is 174 Å². The van der Waals surface area contributed by atoms with Crippen LogP contribution in [0.3, 0.4) is 0 Å². The van der Waals surface area contributed by atoms with Crippen molar-refractivity contribution < 1.29 is 17.9 Å². The van der Waals surface area contributed by atoms with E-state index in [4.69, 9.17) is 4.74 Å². The van der Waals surface area contributed by atoms with E-state index < -0.39 is 27.1 Å². The molecule has 0 saturated carbocycles. The van der Waals surface area contributed by atoms with Gasteiger partial charge in [0.2, 0.25) is 0 Å². The number of rotatable bonds is 7. The summed E-state index contributed by atoms with van der Waals surface area (Å²) in [7, 11) is -3.21. The lowest BCUT2D eigenvalue weighted by molar-refractivity contribution is 0.0474. The number of amides is 1. The molecule has 0 atom stereocenters. The van der Waals surface area contributed by atoms with Crippen LogP contribution in [0.1, 0.15) is 47.1 Å². The number of ether oxygens (including phenoxy) is 1. The highest BCUT2D eigenvalue weighted by Crippen LogP contribution is 2.11. The molecule has 0 bridgehead atoms. The first-order chi connectivity index (χ1) is 13.2. The molecule has 9 heteroatoms. The SMILES string of the molecule is CCNC(=NCc1ccc(S(C)(=O)=O)cc1)NCC(C)(C)NC(=O)OC(C)(C)C. The lowest BCUT2D eigenvalue weighted by atomic mass is 10.1. The highest BCUT2D eigenvalue weighted by molar-refractivity contribution is 7.90. The zero-order chi connectivity index (χ0) is 22.3. The number of guanidine groups is 1. The number of aliphatic imine (C=N–C) groups is 1. The number of carbonyl (C=O) groups excluding carboxylic acids is 1. The number of sulfone groups is 1. The Hall–Kier alpha value is -2.29. The fourth-order valence-electron chi connectivity index (χ4n) is 2.28. The smallest absolute Gasteiger partial charge is 0.408 e. The van der Waals surface area contributed by atoms with E-state index in [1.807, 2.05) is 41.5 Å². The van der Waals surface area contributed by atoms with Gasteiger partial charge in [-0.1, -0.05) is 12.1 Å². The van der Waals surface area contributed by atoms with E-state index in [1.165, 1.54) is 6.26 Å². The molecule has 0 aliphatic heterocycles. The zero-order valence-corrected chi connectivity index (χ0v) is 19.2. The summed E-state index contributed by atoms with van der Waals surface area (Å²) in [5.41, 5.74) is -0.229. The fraction of sp³-hybridized carbons (Fsp3) is 0.600. The normalized spacial score (nSPS) is 13.0. The minimum absolute atomic E-state index is 0.283. The van der Waals surface area contributed by atoms with Gasteiger partial charge < -0.3 is 20.7 Å². The van der Waals surface area contributed by atoms with E-state index in [1.54, 1.807) is 24.3 Å². The first kappa shape index (κ1) is 24.7. The molecule has 164 valence electrons. The Balaban J connectivity index is 2.71. The summed E-state index contributed by atoms with van der Waals surface area (Å²) < 4.78 is 28.4. The molecule has 0 aliphatic rings. The van der Waals surface area contributed by atoms with Gasteiger partial charge in [-0.15, -0.1) is 0 Å². The van der Waals surface area contributed by atoms with Gasteiger partial charge in [-0.05, 0) is 59.2 Å². The molecule has 1 aromatic rings. The van der Waals surface area contributed by atoms with Gasteiger partial charge >= 0.3 is 6.09 Å². The summed E-state index contributed by atoms with van der Waals surface area (Å²) in [5, 5.41) is 9.20. The van der Waals surface area contributed by atoms with Crippen LogP contribution in [0.4, 0.5) is 4.79 Å². The van der Waals surface area contributed by atoms with Gasteiger partial charge in [0.1, 0.15) is 5.60 Å². The molecule has 0 radical (unpaired) electrons. The first-order valence-corrected chi connectivity index (χ1v) is 11.4. The topological polar surface area (TPSA) is 109 Å². The third kappa shape index (κ3) is 10.2. The number of carbonyl (C=O) groups is 1. The van der Waals surface area contributed by atoms with Gasteiger partial charge in [0.05, 0.1) is 17.0 Å². The van der Waals surface area contributed by atoms with Crippen LogP contribution in [-0.4, -0.2) is 51.0 Å². The van der Waals surface area contributed by atoms with E-state index in [9.17, 15) is 13.2 Å². The van der Waals surface area contributed by atoms with Crippen molar-refractivity contribution in [1.29, 1.82) is 0 Å². The van der Waals surface area contributed by atoms with Gasteiger partial charge in [0.25, 0.3) is 0 Å². The van der Waals surface area contributed by atoms with Crippen LogP contribution in [0.2, 0.25) is 0 Å². The lowest BCUT2D eigenvalue weighted by Crippen LogP contribution is -2.54. The van der Waals surface area contributed by atoms with E-state index in [2.05, 4.69) is 20.9 Å². The third-order valence-electron chi connectivity index (χ3n) is 3.65. The molecule has 8 nitrogen and oxygen atoms in total. The minimum Gasteiger partial charge on any atom is -0.444 e. The van der Waals surface area contributed by atoms with Crippen molar-refractivity contribution in [1.82, 2.24) is 16.0 Å². The molecule has 0 unspecified atom stereocenters. The molecule has 1 rings (SSSR count). The number of hydrogen-bond acceptors (Lipinski definition) is 5. The monoisotopic (exact) mass is 426 g/mol. The lowest BCUT2D eigenvalue weighted by Gasteiger charge is -2.29.